The minimum Gasteiger partial charge on any atom is -0.378 e. The molecule has 2 fully saturated rings. The average Bonchev–Trinajstić information content (AvgIpc) is 3.06. The molecule has 2 aliphatic rings. The summed E-state index contributed by atoms with van der Waals surface area (Å²) in [7, 11) is 0. The molecule has 0 amide bonds. The standard InChI is InChI=1S/C15H18BrN3O/c1-15(2-3-15)13-10-19-9-11(16)8-12(14(19)17-13)18-4-6-20-7-5-18/h8-10H,2-7H2,1H3. The van der Waals surface area contributed by atoms with Crippen LogP contribution in [0.2, 0.25) is 0 Å². The van der Waals surface area contributed by atoms with Gasteiger partial charge in [0.15, 0.2) is 5.65 Å². The van der Waals surface area contributed by atoms with Gasteiger partial charge in [0.25, 0.3) is 0 Å². The van der Waals surface area contributed by atoms with Gasteiger partial charge in [-0.1, -0.05) is 6.92 Å². The van der Waals surface area contributed by atoms with Crippen molar-refractivity contribution < 1.29 is 4.74 Å². The minimum absolute atomic E-state index is 0.306. The van der Waals surface area contributed by atoms with Crippen LogP contribution in [0, 0.1) is 0 Å². The molecule has 4 nitrogen and oxygen atoms in total. The maximum atomic E-state index is 5.45. The molecule has 2 aromatic rings. The van der Waals surface area contributed by atoms with Crippen LogP contribution in [-0.4, -0.2) is 35.7 Å². The highest BCUT2D eigenvalue weighted by Gasteiger charge is 2.41. The highest BCUT2D eigenvalue weighted by atomic mass is 79.9. The summed E-state index contributed by atoms with van der Waals surface area (Å²) in [6.45, 7) is 5.77. The van der Waals surface area contributed by atoms with Crippen LogP contribution in [0.3, 0.4) is 0 Å². The molecule has 4 rings (SSSR count). The summed E-state index contributed by atoms with van der Waals surface area (Å²) in [6.07, 6.45) is 6.80. The lowest BCUT2D eigenvalue weighted by atomic mass is 10.1. The van der Waals surface area contributed by atoms with Gasteiger partial charge in [-0.3, -0.25) is 0 Å². The fraction of sp³-hybridized carbons (Fsp3) is 0.533. The van der Waals surface area contributed by atoms with Gasteiger partial charge in [0.05, 0.1) is 24.6 Å². The van der Waals surface area contributed by atoms with Gasteiger partial charge in [-0.25, -0.2) is 4.98 Å². The van der Waals surface area contributed by atoms with E-state index in [1.54, 1.807) is 0 Å². The summed E-state index contributed by atoms with van der Waals surface area (Å²) in [5.41, 5.74) is 3.81. The smallest absolute Gasteiger partial charge is 0.160 e. The first-order chi connectivity index (χ1) is 9.66. The maximum absolute atomic E-state index is 5.45. The number of morpholine rings is 1. The third-order valence-electron chi connectivity index (χ3n) is 4.47. The van der Waals surface area contributed by atoms with Gasteiger partial charge in [0.2, 0.25) is 0 Å². The average molecular weight is 336 g/mol. The van der Waals surface area contributed by atoms with E-state index in [0.29, 0.717) is 5.41 Å². The summed E-state index contributed by atoms with van der Waals surface area (Å²) in [5.74, 6) is 0. The second-order valence-corrected chi connectivity index (χ2v) is 6.98. The Morgan fingerprint density at radius 3 is 2.70 bits per heavy atom. The molecule has 0 bridgehead atoms. The molecule has 1 aliphatic carbocycles. The quantitative estimate of drug-likeness (QED) is 0.845. The second kappa shape index (κ2) is 4.46. The topological polar surface area (TPSA) is 29.8 Å². The van der Waals surface area contributed by atoms with Gasteiger partial charge in [-0.05, 0) is 34.8 Å². The molecule has 0 atom stereocenters. The number of fused-ring (bicyclic) bond motifs is 1. The SMILES string of the molecule is CC1(c2cn3cc(Br)cc(N4CCOCC4)c3n2)CC1. The van der Waals surface area contributed by atoms with E-state index in [9.17, 15) is 0 Å². The van der Waals surface area contributed by atoms with Crippen molar-refractivity contribution in [3.8, 4) is 0 Å². The van der Waals surface area contributed by atoms with E-state index in [1.165, 1.54) is 24.2 Å². The largest absolute Gasteiger partial charge is 0.378 e. The molecular weight excluding hydrogens is 318 g/mol. The molecule has 0 spiro atoms. The van der Waals surface area contributed by atoms with Gasteiger partial charge in [0, 0.05) is 35.4 Å². The summed E-state index contributed by atoms with van der Waals surface area (Å²) >= 11 is 3.62. The first kappa shape index (κ1) is 12.7. The Balaban J connectivity index is 1.83. The van der Waals surface area contributed by atoms with Crippen molar-refractivity contribution >= 4 is 27.3 Å². The Labute approximate surface area is 126 Å². The third-order valence-corrected chi connectivity index (χ3v) is 4.90. The van der Waals surface area contributed by atoms with E-state index >= 15 is 0 Å². The van der Waals surface area contributed by atoms with E-state index in [2.05, 4.69) is 50.6 Å². The molecule has 20 heavy (non-hydrogen) atoms. The fourth-order valence-corrected chi connectivity index (χ4v) is 3.26. The molecule has 0 unspecified atom stereocenters. The van der Waals surface area contributed by atoms with E-state index in [-0.39, 0.29) is 0 Å². The van der Waals surface area contributed by atoms with E-state index in [1.807, 2.05) is 0 Å². The van der Waals surface area contributed by atoms with Crippen molar-refractivity contribution in [1.82, 2.24) is 9.38 Å². The highest BCUT2D eigenvalue weighted by molar-refractivity contribution is 9.10. The number of hydrogen-bond donors (Lipinski definition) is 0. The van der Waals surface area contributed by atoms with E-state index in [4.69, 9.17) is 9.72 Å². The second-order valence-electron chi connectivity index (χ2n) is 6.06. The molecule has 3 heterocycles. The van der Waals surface area contributed by atoms with Crippen molar-refractivity contribution in [3.05, 3.63) is 28.6 Å². The zero-order valence-electron chi connectivity index (χ0n) is 11.6. The number of pyridine rings is 1. The van der Waals surface area contributed by atoms with E-state index in [0.717, 1.165) is 36.4 Å². The molecule has 2 aromatic heterocycles. The molecule has 5 heteroatoms. The molecule has 106 valence electrons. The Bertz CT molecular complexity index is 656. The molecule has 0 N–H and O–H groups in total. The van der Waals surface area contributed by atoms with Crippen molar-refractivity contribution in [2.75, 3.05) is 31.2 Å². The summed E-state index contributed by atoms with van der Waals surface area (Å²) < 4.78 is 8.71. The summed E-state index contributed by atoms with van der Waals surface area (Å²) in [5, 5.41) is 0. The first-order valence-electron chi connectivity index (χ1n) is 7.17. The Morgan fingerprint density at radius 2 is 2.00 bits per heavy atom. The lowest BCUT2D eigenvalue weighted by Crippen LogP contribution is -2.36. The predicted molar refractivity (Wildman–Crippen MR) is 82.5 cm³/mol. The van der Waals surface area contributed by atoms with Crippen LogP contribution in [-0.2, 0) is 10.2 Å². The van der Waals surface area contributed by atoms with Crippen LogP contribution in [0.25, 0.3) is 5.65 Å². The van der Waals surface area contributed by atoms with Crippen molar-refractivity contribution in [2.24, 2.45) is 0 Å². The predicted octanol–water partition coefficient (Wildman–Crippen LogP) is 2.98. The molecule has 1 saturated carbocycles. The van der Waals surface area contributed by atoms with Gasteiger partial charge >= 0.3 is 0 Å². The van der Waals surface area contributed by atoms with Gasteiger partial charge in [-0.2, -0.15) is 0 Å². The third kappa shape index (κ3) is 2.04. The van der Waals surface area contributed by atoms with Gasteiger partial charge in [-0.15, -0.1) is 0 Å². The van der Waals surface area contributed by atoms with Crippen molar-refractivity contribution in [2.45, 2.75) is 25.2 Å². The maximum Gasteiger partial charge on any atom is 0.160 e. The molecule has 1 aliphatic heterocycles. The fourth-order valence-electron chi connectivity index (χ4n) is 2.82. The summed E-state index contributed by atoms with van der Waals surface area (Å²) in [4.78, 5) is 7.29. The molecule has 0 radical (unpaired) electrons. The lowest BCUT2D eigenvalue weighted by Gasteiger charge is -2.29. The number of rotatable bonds is 2. The van der Waals surface area contributed by atoms with Crippen LogP contribution in [0.15, 0.2) is 22.9 Å². The lowest BCUT2D eigenvalue weighted by molar-refractivity contribution is 0.123. The monoisotopic (exact) mass is 335 g/mol. The molecule has 0 aromatic carbocycles. The van der Waals surface area contributed by atoms with E-state index < -0.39 is 0 Å². The van der Waals surface area contributed by atoms with Crippen molar-refractivity contribution in [1.29, 1.82) is 0 Å². The van der Waals surface area contributed by atoms with Gasteiger partial charge < -0.3 is 14.0 Å². The van der Waals surface area contributed by atoms with Crippen LogP contribution in [0.1, 0.15) is 25.5 Å². The van der Waals surface area contributed by atoms with Crippen molar-refractivity contribution in [3.63, 3.8) is 0 Å². The first-order valence-corrected chi connectivity index (χ1v) is 7.96. The van der Waals surface area contributed by atoms with Crippen LogP contribution < -0.4 is 4.90 Å². The number of aromatic nitrogens is 2. The number of anilines is 1. The number of imidazole rings is 1. The Hall–Kier alpha value is -1.07. The zero-order chi connectivity index (χ0) is 13.7. The Morgan fingerprint density at radius 1 is 1.25 bits per heavy atom. The zero-order valence-corrected chi connectivity index (χ0v) is 13.2. The molecular formula is C15H18BrN3O. The van der Waals surface area contributed by atoms with Crippen LogP contribution >= 0.6 is 15.9 Å². The van der Waals surface area contributed by atoms with Crippen LogP contribution in [0.5, 0.6) is 0 Å². The molecule has 1 saturated heterocycles. The highest BCUT2D eigenvalue weighted by Crippen LogP contribution is 2.47. The van der Waals surface area contributed by atoms with Gasteiger partial charge in [0.1, 0.15) is 0 Å². The van der Waals surface area contributed by atoms with Crippen LogP contribution in [0.4, 0.5) is 5.69 Å². The summed E-state index contributed by atoms with van der Waals surface area (Å²) in [6, 6.07) is 2.17. The minimum atomic E-state index is 0.306. The Kier molecular flexibility index (Phi) is 2.82. The number of nitrogens with zero attached hydrogens (tertiary/aromatic N) is 3. The normalized spacial score (nSPS) is 21.4. The number of ether oxygens (including phenoxy) is 1. The number of hydrogen-bond acceptors (Lipinski definition) is 3. The number of halogens is 1.